The molecule has 0 aliphatic carbocycles. The topological polar surface area (TPSA) is 20.2 Å². The molecule has 1 aromatic carbocycles. The Morgan fingerprint density at radius 2 is 1.56 bits per heavy atom. The third-order valence-electron chi connectivity index (χ3n) is 2.96. The minimum atomic E-state index is -0.591. The average Bonchev–Trinajstić information content (AvgIpc) is 2.17. The Hall–Kier alpha value is -0.960. The van der Waals surface area contributed by atoms with Gasteiger partial charge in [-0.2, -0.15) is 0 Å². The van der Waals surface area contributed by atoms with Crippen molar-refractivity contribution in [1.82, 2.24) is 0 Å². The van der Waals surface area contributed by atoms with E-state index >= 15 is 0 Å². The molecule has 0 aliphatic rings. The first kappa shape index (κ1) is 13.1. The van der Waals surface area contributed by atoms with E-state index in [2.05, 4.69) is 0 Å². The van der Waals surface area contributed by atoms with Gasteiger partial charge in [-0.1, -0.05) is 26.7 Å². The zero-order chi connectivity index (χ0) is 12.1. The van der Waals surface area contributed by atoms with E-state index in [1.54, 1.807) is 0 Å². The van der Waals surface area contributed by atoms with Crippen molar-refractivity contribution in [2.75, 3.05) is 0 Å². The fourth-order valence-electron chi connectivity index (χ4n) is 1.97. The maximum atomic E-state index is 12.9. The van der Waals surface area contributed by atoms with Gasteiger partial charge in [0.25, 0.3) is 0 Å². The predicted octanol–water partition coefficient (Wildman–Crippen LogP) is 3.30. The minimum absolute atomic E-state index is 0.186. The summed E-state index contributed by atoms with van der Waals surface area (Å²) in [6.07, 6.45) is 1.52. The second-order valence-electron chi connectivity index (χ2n) is 4.13. The van der Waals surface area contributed by atoms with E-state index in [0.29, 0.717) is 12.0 Å². The summed E-state index contributed by atoms with van der Waals surface area (Å²) in [4.78, 5) is 0. The molecule has 0 fully saturated rings. The molecular formula is C13H18F2O. The van der Waals surface area contributed by atoms with Crippen LogP contribution in [0.3, 0.4) is 0 Å². The van der Waals surface area contributed by atoms with Crippen molar-refractivity contribution in [3.63, 3.8) is 0 Å². The Bertz CT molecular complexity index is 314. The van der Waals surface area contributed by atoms with Gasteiger partial charge < -0.3 is 5.11 Å². The van der Waals surface area contributed by atoms with E-state index in [0.717, 1.165) is 18.9 Å². The fraction of sp³-hybridized carbons (Fsp3) is 0.538. The lowest BCUT2D eigenvalue weighted by Crippen LogP contribution is -2.21. The van der Waals surface area contributed by atoms with Crippen LogP contribution in [-0.2, 0) is 6.42 Å². The van der Waals surface area contributed by atoms with Gasteiger partial charge in [0.1, 0.15) is 11.6 Å². The molecule has 3 heteroatoms. The molecule has 0 saturated heterocycles. The molecule has 1 N–H and O–H groups in total. The predicted molar refractivity (Wildman–Crippen MR) is 60.1 cm³/mol. The van der Waals surface area contributed by atoms with Gasteiger partial charge in [0, 0.05) is 6.07 Å². The quantitative estimate of drug-likeness (QED) is 0.819. The molecular weight excluding hydrogens is 210 g/mol. The van der Waals surface area contributed by atoms with E-state index in [1.807, 2.05) is 13.8 Å². The standard InChI is InChI=1S/C13H18F2O/c1-3-10(4-2)13(16)7-9-5-11(14)8-12(15)6-9/h5-6,8,10,13,16H,3-4,7H2,1-2H3. The first-order valence-corrected chi connectivity index (χ1v) is 5.69. The zero-order valence-corrected chi connectivity index (χ0v) is 9.71. The van der Waals surface area contributed by atoms with Crippen LogP contribution in [0.15, 0.2) is 18.2 Å². The second kappa shape index (κ2) is 5.94. The third-order valence-corrected chi connectivity index (χ3v) is 2.96. The molecule has 0 spiro atoms. The van der Waals surface area contributed by atoms with Crippen molar-refractivity contribution in [3.8, 4) is 0 Å². The summed E-state index contributed by atoms with van der Waals surface area (Å²) in [7, 11) is 0. The summed E-state index contributed by atoms with van der Waals surface area (Å²) in [6, 6.07) is 3.39. The molecule has 0 saturated carbocycles. The SMILES string of the molecule is CCC(CC)C(O)Cc1cc(F)cc(F)c1. The number of rotatable bonds is 5. The average molecular weight is 228 g/mol. The van der Waals surface area contributed by atoms with E-state index in [1.165, 1.54) is 12.1 Å². The van der Waals surface area contributed by atoms with Crippen LogP contribution in [-0.4, -0.2) is 11.2 Å². The highest BCUT2D eigenvalue weighted by atomic mass is 19.1. The van der Waals surface area contributed by atoms with Crippen molar-refractivity contribution in [2.24, 2.45) is 5.92 Å². The molecule has 0 aliphatic heterocycles. The van der Waals surface area contributed by atoms with Crippen LogP contribution in [0, 0.1) is 17.6 Å². The lowest BCUT2D eigenvalue weighted by atomic mass is 9.92. The monoisotopic (exact) mass is 228 g/mol. The highest BCUT2D eigenvalue weighted by Crippen LogP contribution is 2.18. The van der Waals surface area contributed by atoms with Gasteiger partial charge in [-0.3, -0.25) is 0 Å². The van der Waals surface area contributed by atoms with Crippen LogP contribution in [0.2, 0.25) is 0 Å². The van der Waals surface area contributed by atoms with E-state index in [9.17, 15) is 13.9 Å². The zero-order valence-electron chi connectivity index (χ0n) is 9.71. The molecule has 0 aromatic heterocycles. The number of hydrogen-bond acceptors (Lipinski definition) is 1. The van der Waals surface area contributed by atoms with Crippen molar-refractivity contribution in [3.05, 3.63) is 35.4 Å². The highest BCUT2D eigenvalue weighted by Gasteiger charge is 2.16. The van der Waals surface area contributed by atoms with Crippen LogP contribution < -0.4 is 0 Å². The molecule has 0 heterocycles. The largest absolute Gasteiger partial charge is 0.392 e. The molecule has 1 unspecified atom stereocenters. The summed E-state index contributed by atoms with van der Waals surface area (Å²) in [5.74, 6) is -0.996. The summed E-state index contributed by atoms with van der Waals surface area (Å²) >= 11 is 0. The molecule has 0 radical (unpaired) electrons. The molecule has 1 atom stereocenters. The van der Waals surface area contributed by atoms with Crippen LogP contribution in [0.25, 0.3) is 0 Å². The van der Waals surface area contributed by atoms with Crippen LogP contribution in [0.5, 0.6) is 0 Å². The number of aliphatic hydroxyl groups is 1. The number of halogens is 2. The van der Waals surface area contributed by atoms with Crippen LogP contribution in [0.1, 0.15) is 32.3 Å². The summed E-state index contributed by atoms with van der Waals surface area (Å²) < 4.78 is 25.8. The smallest absolute Gasteiger partial charge is 0.126 e. The fourth-order valence-corrected chi connectivity index (χ4v) is 1.97. The van der Waals surface area contributed by atoms with Crippen molar-refractivity contribution >= 4 is 0 Å². The summed E-state index contributed by atoms with van der Waals surface area (Å²) in [5.41, 5.74) is 0.511. The van der Waals surface area contributed by atoms with E-state index < -0.39 is 17.7 Å². The molecule has 0 bridgehead atoms. The third kappa shape index (κ3) is 3.56. The van der Waals surface area contributed by atoms with Gasteiger partial charge >= 0.3 is 0 Å². The maximum absolute atomic E-state index is 12.9. The lowest BCUT2D eigenvalue weighted by molar-refractivity contribution is 0.103. The van der Waals surface area contributed by atoms with Gasteiger partial charge in [-0.15, -0.1) is 0 Å². The molecule has 1 nitrogen and oxygen atoms in total. The van der Waals surface area contributed by atoms with E-state index in [4.69, 9.17) is 0 Å². The van der Waals surface area contributed by atoms with Crippen molar-refractivity contribution in [2.45, 2.75) is 39.2 Å². The normalized spacial score (nSPS) is 13.1. The Morgan fingerprint density at radius 1 is 1.06 bits per heavy atom. The second-order valence-corrected chi connectivity index (χ2v) is 4.13. The number of hydrogen-bond donors (Lipinski definition) is 1. The van der Waals surface area contributed by atoms with Crippen molar-refractivity contribution < 1.29 is 13.9 Å². The van der Waals surface area contributed by atoms with Gasteiger partial charge in [-0.25, -0.2) is 8.78 Å². The summed E-state index contributed by atoms with van der Waals surface area (Å²) in [6.45, 7) is 4.01. The van der Waals surface area contributed by atoms with Gasteiger partial charge in [0.15, 0.2) is 0 Å². The Kier molecular flexibility index (Phi) is 4.87. The number of aliphatic hydroxyl groups excluding tert-OH is 1. The van der Waals surface area contributed by atoms with Gasteiger partial charge in [0.05, 0.1) is 6.10 Å². The lowest BCUT2D eigenvalue weighted by Gasteiger charge is -2.20. The molecule has 1 aromatic rings. The Labute approximate surface area is 95.1 Å². The minimum Gasteiger partial charge on any atom is -0.392 e. The first-order valence-electron chi connectivity index (χ1n) is 5.69. The first-order chi connectivity index (χ1) is 7.56. The van der Waals surface area contributed by atoms with Crippen molar-refractivity contribution in [1.29, 1.82) is 0 Å². The molecule has 16 heavy (non-hydrogen) atoms. The van der Waals surface area contributed by atoms with Gasteiger partial charge in [-0.05, 0) is 30.0 Å². The van der Waals surface area contributed by atoms with Crippen LogP contribution >= 0.6 is 0 Å². The Balaban J connectivity index is 2.72. The Morgan fingerprint density at radius 3 is 2.00 bits per heavy atom. The molecule has 1 rings (SSSR count). The van der Waals surface area contributed by atoms with Gasteiger partial charge in [0.2, 0.25) is 0 Å². The molecule has 90 valence electrons. The number of benzene rings is 1. The molecule has 0 amide bonds. The maximum Gasteiger partial charge on any atom is 0.126 e. The van der Waals surface area contributed by atoms with Crippen LogP contribution in [0.4, 0.5) is 8.78 Å². The summed E-state index contributed by atoms with van der Waals surface area (Å²) in [5, 5.41) is 9.90. The van der Waals surface area contributed by atoms with E-state index in [-0.39, 0.29) is 5.92 Å². The highest BCUT2D eigenvalue weighted by molar-refractivity contribution is 5.18.